The van der Waals surface area contributed by atoms with Crippen LogP contribution in [0.2, 0.25) is 0 Å². The summed E-state index contributed by atoms with van der Waals surface area (Å²) in [6.45, 7) is 0. The van der Waals surface area contributed by atoms with Crippen molar-refractivity contribution < 1.29 is 4.42 Å². The van der Waals surface area contributed by atoms with Crippen molar-refractivity contribution in [2.24, 2.45) is 0 Å². The number of hydrogen-bond donors (Lipinski definition) is 0. The zero-order chi connectivity index (χ0) is 30.9. The van der Waals surface area contributed by atoms with Crippen molar-refractivity contribution in [3.8, 4) is 33.4 Å². The molecule has 0 atom stereocenters. The summed E-state index contributed by atoms with van der Waals surface area (Å²) >= 11 is 0. The number of furan rings is 1. The van der Waals surface area contributed by atoms with Crippen LogP contribution < -0.4 is 0 Å². The van der Waals surface area contributed by atoms with Gasteiger partial charge in [0.25, 0.3) is 0 Å². The minimum Gasteiger partial charge on any atom is -0.455 e. The lowest BCUT2D eigenvalue weighted by molar-refractivity contribution is 0.673. The highest BCUT2D eigenvalue weighted by atomic mass is 16.3. The first-order valence-electron chi connectivity index (χ1n) is 16.2. The fourth-order valence-corrected chi connectivity index (χ4v) is 7.77. The standard InChI is InChI=1S/C46H28O/c1-2-12-30(13-3-1)43-35-16-6-8-18-37(35)44(38-19-9-7-17-36(38)43)31-24-22-29(23-25-31)32-26-27-39-41(28-32)33-14-4-5-15-34(33)45-40-20-10-11-21-42(40)47-46(39)45/h1-28H. The lowest BCUT2D eigenvalue weighted by Crippen LogP contribution is -1.90. The maximum absolute atomic E-state index is 6.49. The van der Waals surface area contributed by atoms with Crippen LogP contribution in [-0.4, -0.2) is 0 Å². The third kappa shape index (κ3) is 3.90. The Morgan fingerprint density at radius 1 is 0.277 bits per heavy atom. The third-order valence-corrected chi connectivity index (χ3v) is 9.85. The van der Waals surface area contributed by atoms with Crippen molar-refractivity contribution in [2.75, 3.05) is 0 Å². The van der Waals surface area contributed by atoms with Gasteiger partial charge in [0, 0.05) is 16.2 Å². The second-order valence-electron chi connectivity index (χ2n) is 12.4. The van der Waals surface area contributed by atoms with Crippen LogP contribution in [0.4, 0.5) is 0 Å². The van der Waals surface area contributed by atoms with Crippen molar-refractivity contribution >= 4 is 65.0 Å². The van der Waals surface area contributed by atoms with Crippen molar-refractivity contribution in [1.82, 2.24) is 0 Å². The zero-order valence-electron chi connectivity index (χ0n) is 25.6. The fourth-order valence-electron chi connectivity index (χ4n) is 7.77. The minimum absolute atomic E-state index is 0.927. The van der Waals surface area contributed by atoms with E-state index >= 15 is 0 Å². The van der Waals surface area contributed by atoms with Gasteiger partial charge in [-0.1, -0.05) is 152 Å². The molecule has 47 heavy (non-hydrogen) atoms. The Labute approximate surface area is 271 Å². The van der Waals surface area contributed by atoms with E-state index in [1.54, 1.807) is 0 Å². The molecule has 0 radical (unpaired) electrons. The molecule has 10 aromatic rings. The number of para-hydroxylation sites is 1. The van der Waals surface area contributed by atoms with Crippen molar-refractivity contribution in [1.29, 1.82) is 0 Å². The molecule has 9 aromatic carbocycles. The Hall–Kier alpha value is -6.18. The summed E-state index contributed by atoms with van der Waals surface area (Å²) in [5.74, 6) is 0. The van der Waals surface area contributed by atoms with Crippen LogP contribution in [0.25, 0.3) is 98.4 Å². The molecule has 218 valence electrons. The highest BCUT2D eigenvalue weighted by Gasteiger charge is 2.18. The molecule has 0 saturated carbocycles. The molecule has 0 aliphatic carbocycles. The van der Waals surface area contributed by atoms with Crippen LogP contribution in [0.5, 0.6) is 0 Å². The van der Waals surface area contributed by atoms with E-state index in [-0.39, 0.29) is 0 Å². The molecule has 1 nitrogen and oxygen atoms in total. The molecular formula is C46H28O. The van der Waals surface area contributed by atoms with Crippen LogP contribution in [0.1, 0.15) is 0 Å². The predicted molar refractivity (Wildman–Crippen MR) is 200 cm³/mol. The quantitative estimate of drug-likeness (QED) is 0.146. The summed E-state index contributed by atoms with van der Waals surface area (Å²) in [6, 6.07) is 61.4. The predicted octanol–water partition coefficient (Wildman–Crippen LogP) is 13.2. The van der Waals surface area contributed by atoms with E-state index in [1.807, 2.05) is 6.07 Å². The van der Waals surface area contributed by atoms with Crippen molar-refractivity contribution in [3.05, 3.63) is 170 Å². The van der Waals surface area contributed by atoms with Crippen LogP contribution >= 0.6 is 0 Å². The highest BCUT2D eigenvalue weighted by Crippen LogP contribution is 2.45. The van der Waals surface area contributed by atoms with Gasteiger partial charge in [-0.25, -0.2) is 0 Å². The lowest BCUT2D eigenvalue weighted by atomic mass is 9.85. The SMILES string of the molecule is c1ccc(-c2c3ccccc3c(-c3ccc(-c4ccc5c(c4)c4ccccc4c4c6ccccc6oc54)cc3)c3ccccc23)cc1. The van der Waals surface area contributed by atoms with E-state index in [0.717, 1.165) is 21.9 Å². The van der Waals surface area contributed by atoms with Gasteiger partial charge in [0.15, 0.2) is 0 Å². The minimum atomic E-state index is 0.927. The van der Waals surface area contributed by atoms with Gasteiger partial charge in [-0.2, -0.15) is 0 Å². The van der Waals surface area contributed by atoms with E-state index in [1.165, 1.54) is 76.5 Å². The Bertz CT molecular complexity index is 2760. The Morgan fingerprint density at radius 2 is 0.745 bits per heavy atom. The normalized spacial score (nSPS) is 11.8. The summed E-state index contributed by atoms with van der Waals surface area (Å²) < 4.78 is 6.49. The second kappa shape index (κ2) is 10.2. The second-order valence-corrected chi connectivity index (χ2v) is 12.4. The largest absolute Gasteiger partial charge is 0.455 e. The molecule has 10 rings (SSSR count). The summed E-state index contributed by atoms with van der Waals surface area (Å²) in [4.78, 5) is 0. The maximum Gasteiger partial charge on any atom is 0.143 e. The monoisotopic (exact) mass is 596 g/mol. The molecule has 1 aromatic heterocycles. The molecule has 0 spiro atoms. The number of rotatable bonds is 3. The van der Waals surface area contributed by atoms with E-state index in [4.69, 9.17) is 4.42 Å². The van der Waals surface area contributed by atoms with Gasteiger partial charge in [-0.05, 0) is 89.3 Å². The first-order chi connectivity index (χ1) is 23.3. The van der Waals surface area contributed by atoms with Gasteiger partial charge in [-0.15, -0.1) is 0 Å². The molecule has 1 heteroatoms. The molecule has 0 fully saturated rings. The molecule has 0 N–H and O–H groups in total. The molecule has 1 heterocycles. The van der Waals surface area contributed by atoms with Gasteiger partial charge >= 0.3 is 0 Å². The Balaban J connectivity index is 1.16. The number of hydrogen-bond acceptors (Lipinski definition) is 1. The summed E-state index contributed by atoms with van der Waals surface area (Å²) in [6.07, 6.45) is 0. The van der Waals surface area contributed by atoms with Gasteiger partial charge in [0.05, 0.1) is 0 Å². The molecule has 0 unspecified atom stereocenters. The van der Waals surface area contributed by atoms with Gasteiger partial charge < -0.3 is 4.42 Å². The average Bonchev–Trinajstić information content (AvgIpc) is 3.54. The molecule has 0 aliphatic rings. The smallest absolute Gasteiger partial charge is 0.143 e. The molecule has 0 saturated heterocycles. The van der Waals surface area contributed by atoms with E-state index in [2.05, 4.69) is 164 Å². The lowest BCUT2D eigenvalue weighted by Gasteiger charge is -2.18. The molecular weight excluding hydrogens is 569 g/mol. The Kier molecular flexibility index (Phi) is 5.64. The van der Waals surface area contributed by atoms with Gasteiger partial charge in [0.1, 0.15) is 11.2 Å². The zero-order valence-corrected chi connectivity index (χ0v) is 25.6. The van der Waals surface area contributed by atoms with Crippen molar-refractivity contribution in [3.63, 3.8) is 0 Å². The number of fused-ring (bicyclic) bond motifs is 10. The van der Waals surface area contributed by atoms with Gasteiger partial charge in [-0.3, -0.25) is 0 Å². The number of benzene rings is 9. The van der Waals surface area contributed by atoms with E-state index in [9.17, 15) is 0 Å². The first kappa shape index (κ1) is 26.1. The highest BCUT2D eigenvalue weighted by molar-refractivity contribution is 6.30. The average molecular weight is 597 g/mol. The first-order valence-corrected chi connectivity index (χ1v) is 16.2. The topological polar surface area (TPSA) is 13.1 Å². The van der Waals surface area contributed by atoms with Crippen LogP contribution in [0, 0.1) is 0 Å². The third-order valence-electron chi connectivity index (χ3n) is 9.85. The van der Waals surface area contributed by atoms with Crippen LogP contribution in [0.15, 0.2) is 174 Å². The fraction of sp³-hybridized carbons (Fsp3) is 0. The van der Waals surface area contributed by atoms with E-state index < -0.39 is 0 Å². The molecule has 0 amide bonds. The molecule has 0 aliphatic heterocycles. The maximum atomic E-state index is 6.49. The molecule has 0 bridgehead atoms. The summed E-state index contributed by atoms with van der Waals surface area (Å²) in [5, 5.41) is 12.3. The van der Waals surface area contributed by atoms with Gasteiger partial charge in [0.2, 0.25) is 0 Å². The van der Waals surface area contributed by atoms with E-state index in [0.29, 0.717) is 0 Å². The Morgan fingerprint density at radius 3 is 1.38 bits per heavy atom. The van der Waals surface area contributed by atoms with Crippen LogP contribution in [0.3, 0.4) is 0 Å². The summed E-state index contributed by atoms with van der Waals surface area (Å²) in [5.41, 5.74) is 9.30. The summed E-state index contributed by atoms with van der Waals surface area (Å²) in [7, 11) is 0. The van der Waals surface area contributed by atoms with Crippen LogP contribution in [-0.2, 0) is 0 Å². The van der Waals surface area contributed by atoms with Crippen molar-refractivity contribution in [2.45, 2.75) is 0 Å².